The van der Waals surface area contributed by atoms with Crippen LogP contribution in [-0.2, 0) is 9.59 Å². The molecule has 0 radical (unpaired) electrons. The van der Waals surface area contributed by atoms with E-state index in [1.807, 2.05) is 6.07 Å². The molecule has 1 saturated heterocycles. The van der Waals surface area contributed by atoms with Gasteiger partial charge in [-0.15, -0.1) is 0 Å². The number of Topliss-reactive ketones (excluding diaryl/α,β-unsaturated/α-hetero) is 1. The first-order valence-electron chi connectivity index (χ1n) is 11.7. The van der Waals surface area contributed by atoms with Crippen LogP contribution in [0, 0.1) is 5.92 Å². The molecule has 7 heteroatoms. The number of methoxy groups -OCH3 is 1. The average Bonchev–Trinajstić information content (AvgIpc) is 2.77. The van der Waals surface area contributed by atoms with Gasteiger partial charge in [-0.05, 0) is 59.2 Å². The lowest BCUT2D eigenvalue weighted by Gasteiger charge is -2.48. The molecule has 35 heavy (non-hydrogen) atoms. The number of carbonyl (C=O) groups excluding carboxylic acids is 4. The average molecular weight is 479 g/mol. The van der Waals surface area contributed by atoms with Gasteiger partial charge in [0.05, 0.1) is 7.11 Å². The summed E-state index contributed by atoms with van der Waals surface area (Å²) >= 11 is 0. The molecule has 2 aromatic carbocycles. The summed E-state index contributed by atoms with van der Waals surface area (Å²) in [7, 11) is 1.55. The number of urea groups is 1. The quantitative estimate of drug-likeness (QED) is 0.428. The minimum Gasteiger partial charge on any atom is -0.497 e. The summed E-state index contributed by atoms with van der Waals surface area (Å²) in [6.45, 7) is 10.5. The number of nitrogens with zero attached hydrogens (tertiary/aromatic N) is 2. The van der Waals surface area contributed by atoms with E-state index in [1.165, 1.54) is 0 Å². The van der Waals surface area contributed by atoms with Crippen molar-refractivity contribution >= 4 is 23.6 Å². The number of hydrogen-bond donors (Lipinski definition) is 0. The third-order valence-electron chi connectivity index (χ3n) is 6.14. The van der Waals surface area contributed by atoms with Gasteiger partial charge in [-0.3, -0.25) is 24.2 Å². The highest BCUT2D eigenvalue weighted by atomic mass is 16.5. The number of benzene rings is 2. The summed E-state index contributed by atoms with van der Waals surface area (Å²) in [4.78, 5) is 56.7. The molecule has 0 spiro atoms. The Morgan fingerprint density at radius 2 is 1.31 bits per heavy atom. The van der Waals surface area contributed by atoms with Crippen LogP contribution < -0.4 is 4.74 Å². The Hall–Kier alpha value is -3.48. The van der Waals surface area contributed by atoms with E-state index in [1.54, 1.807) is 97.2 Å². The molecule has 0 unspecified atom stereocenters. The summed E-state index contributed by atoms with van der Waals surface area (Å²) in [5, 5.41) is 0. The first kappa shape index (κ1) is 26.1. The minimum absolute atomic E-state index is 0.0668. The summed E-state index contributed by atoms with van der Waals surface area (Å²) in [6, 6.07) is 15.2. The molecule has 7 nitrogen and oxygen atoms in total. The van der Waals surface area contributed by atoms with Crippen LogP contribution in [0.2, 0.25) is 0 Å². The van der Waals surface area contributed by atoms with Gasteiger partial charge in [0.2, 0.25) is 11.8 Å². The van der Waals surface area contributed by atoms with E-state index >= 15 is 0 Å². The van der Waals surface area contributed by atoms with Crippen molar-refractivity contribution in [1.82, 2.24) is 9.80 Å². The van der Waals surface area contributed by atoms with Crippen molar-refractivity contribution in [2.24, 2.45) is 5.92 Å². The first-order chi connectivity index (χ1) is 16.3. The zero-order chi connectivity index (χ0) is 26.1. The van der Waals surface area contributed by atoms with Gasteiger partial charge in [0.15, 0.2) is 5.78 Å². The van der Waals surface area contributed by atoms with Gasteiger partial charge >= 0.3 is 6.03 Å². The second-order valence-electron chi connectivity index (χ2n) is 10.8. The maximum absolute atomic E-state index is 13.8. The topological polar surface area (TPSA) is 84.0 Å². The lowest BCUT2D eigenvalue weighted by Crippen LogP contribution is -2.68. The van der Waals surface area contributed by atoms with Gasteiger partial charge in [0, 0.05) is 29.0 Å². The lowest BCUT2D eigenvalue weighted by atomic mass is 9.77. The van der Waals surface area contributed by atoms with Crippen LogP contribution in [0.25, 0.3) is 0 Å². The maximum atomic E-state index is 13.8. The number of imide groups is 2. The van der Waals surface area contributed by atoms with Crippen LogP contribution in [0.1, 0.15) is 69.8 Å². The van der Waals surface area contributed by atoms with Crippen LogP contribution in [0.3, 0.4) is 0 Å². The second kappa shape index (κ2) is 9.64. The largest absolute Gasteiger partial charge is 0.497 e. The predicted octanol–water partition coefficient (Wildman–Crippen LogP) is 5.06. The van der Waals surface area contributed by atoms with Crippen LogP contribution in [-0.4, -0.2) is 51.6 Å². The molecule has 1 atom stereocenters. The molecular formula is C28H34N2O5. The Morgan fingerprint density at radius 3 is 1.74 bits per heavy atom. The van der Waals surface area contributed by atoms with E-state index in [2.05, 4.69) is 0 Å². The summed E-state index contributed by atoms with van der Waals surface area (Å²) in [6.07, 6.45) is -0.0668. The standard InChI is InChI=1S/C28H34N2O5/c1-27(2,3)29-24(32)23(25(33)30(26(29)34)28(4,5)6)21(18-13-15-20(35-7)16-14-18)17-22(31)19-11-9-8-10-12-19/h8-16,21,23H,17H2,1-7H3/t21-/m1/s1. The van der Waals surface area contributed by atoms with E-state index in [9.17, 15) is 19.2 Å². The number of hydrogen-bond acceptors (Lipinski definition) is 5. The van der Waals surface area contributed by atoms with Crippen molar-refractivity contribution in [3.63, 3.8) is 0 Å². The molecule has 3 rings (SSSR count). The van der Waals surface area contributed by atoms with E-state index in [0.717, 1.165) is 9.80 Å². The van der Waals surface area contributed by atoms with Crippen LogP contribution in [0.5, 0.6) is 5.75 Å². The normalized spacial score (nSPS) is 16.5. The van der Waals surface area contributed by atoms with Crippen molar-refractivity contribution in [3.05, 3.63) is 65.7 Å². The van der Waals surface area contributed by atoms with Gasteiger partial charge in [-0.2, -0.15) is 0 Å². The van der Waals surface area contributed by atoms with Gasteiger partial charge in [0.1, 0.15) is 11.7 Å². The highest BCUT2D eigenvalue weighted by Gasteiger charge is 2.55. The monoisotopic (exact) mass is 478 g/mol. The molecule has 0 bridgehead atoms. The van der Waals surface area contributed by atoms with Gasteiger partial charge in [-0.25, -0.2) is 4.79 Å². The van der Waals surface area contributed by atoms with Crippen LogP contribution in [0.4, 0.5) is 4.79 Å². The Balaban J connectivity index is 2.16. The maximum Gasteiger partial charge on any atom is 0.334 e. The number of ether oxygens (including phenoxy) is 1. The second-order valence-corrected chi connectivity index (χ2v) is 10.8. The predicted molar refractivity (Wildman–Crippen MR) is 133 cm³/mol. The lowest BCUT2D eigenvalue weighted by molar-refractivity contribution is -0.156. The summed E-state index contributed by atoms with van der Waals surface area (Å²) in [5.74, 6) is -2.74. The molecular weight excluding hydrogens is 444 g/mol. The first-order valence-corrected chi connectivity index (χ1v) is 11.7. The minimum atomic E-state index is -1.23. The summed E-state index contributed by atoms with van der Waals surface area (Å²) < 4.78 is 5.26. The van der Waals surface area contributed by atoms with Gasteiger partial charge < -0.3 is 4.74 Å². The number of rotatable bonds is 6. The Morgan fingerprint density at radius 1 is 0.829 bits per heavy atom. The number of carbonyl (C=O) groups is 4. The third-order valence-corrected chi connectivity index (χ3v) is 6.14. The van der Waals surface area contributed by atoms with Gasteiger partial charge in [-0.1, -0.05) is 42.5 Å². The van der Waals surface area contributed by atoms with E-state index in [-0.39, 0.29) is 12.2 Å². The highest BCUT2D eigenvalue weighted by molar-refractivity contribution is 6.17. The van der Waals surface area contributed by atoms with Crippen molar-refractivity contribution in [2.45, 2.75) is 65.0 Å². The molecule has 186 valence electrons. The van der Waals surface area contributed by atoms with Crippen molar-refractivity contribution in [1.29, 1.82) is 0 Å². The van der Waals surface area contributed by atoms with E-state index < -0.39 is 40.8 Å². The van der Waals surface area contributed by atoms with Crippen LogP contribution >= 0.6 is 0 Å². The molecule has 1 heterocycles. The SMILES string of the molecule is COc1ccc([C@@H](CC(=O)c2ccccc2)C2C(=O)N(C(C)(C)C)C(=O)N(C(C)(C)C)C2=O)cc1. The van der Waals surface area contributed by atoms with Crippen molar-refractivity contribution in [2.75, 3.05) is 7.11 Å². The zero-order valence-electron chi connectivity index (χ0n) is 21.5. The van der Waals surface area contributed by atoms with Crippen molar-refractivity contribution < 1.29 is 23.9 Å². The molecule has 1 aliphatic rings. The molecule has 0 N–H and O–H groups in total. The number of amides is 4. The molecule has 0 aromatic heterocycles. The molecule has 1 aliphatic heterocycles. The van der Waals surface area contributed by atoms with Gasteiger partial charge in [0.25, 0.3) is 0 Å². The molecule has 0 saturated carbocycles. The summed E-state index contributed by atoms with van der Waals surface area (Å²) in [5.41, 5.74) is -0.563. The van der Waals surface area contributed by atoms with Crippen molar-refractivity contribution in [3.8, 4) is 5.75 Å². The highest BCUT2D eigenvalue weighted by Crippen LogP contribution is 2.39. The molecule has 2 aromatic rings. The fourth-order valence-electron chi connectivity index (χ4n) is 4.47. The third kappa shape index (κ3) is 5.29. The zero-order valence-corrected chi connectivity index (χ0v) is 21.5. The van der Waals surface area contributed by atoms with Crippen LogP contribution in [0.15, 0.2) is 54.6 Å². The number of barbiturate groups is 1. The number of ketones is 1. The Bertz CT molecular complexity index is 1070. The fraction of sp³-hybridized carbons (Fsp3) is 0.429. The Labute approximate surface area is 207 Å². The van der Waals surface area contributed by atoms with E-state index in [4.69, 9.17) is 4.74 Å². The smallest absolute Gasteiger partial charge is 0.334 e. The molecule has 4 amide bonds. The molecule has 0 aliphatic carbocycles. The molecule has 1 fully saturated rings. The fourth-order valence-corrected chi connectivity index (χ4v) is 4.47. The van der Waals surface area contributed by atoms with E-state index in [0.29, 0.717) is 16.9 Å². The Kier molecular flexibility index (Phi) is 7.20.